The molecule has 0 saturated carbocycles. The van der Waals surface area contributed by atoms with Crippen molar-refractivity contribution >= 4 is 12.0 Å². The van der Waals surface area contributed by atoms with Gasteiger partial charge in [0.05, 0.1) is 21.3 Å². The maximum atomic E-state index is 12.2. The van der Waals surface area contributed by atoms with Crippen LogP contribution in [0.3, 0.4) is 0 Å². The average Bonchev–Trinajstić information content (AvgIpc) is 3.28. The Morgan fingerprint density at radius 2 is 1.73 bits per heavy atom. The lowest BCUT2D eigenvalue weighted by atomic mass is 10.1. The number of hydrogen-bond acceptors (Lipinski definition) is 7. The van der Waals surface area contributed by atoms with Crippen molar-refractivity contribution in [3.63, 3.8) is 0 Å². The van der Waals surface area contributed by atoms with E-state index in [9.17, 15) is 4.79 Å². The molecule has 0 aliphatic rings. The normalized spacial score (nSPS) is 11.9. The molecule has 1 N–H and O–H groups in total. The lowest BCUT2D eigenvalue weighted by Crippen LogP contribution is -2.24. The van der Waals surface area contributed by atoms with Crippen LogP contribution >= 0.6 is 0 Å². The Bertz CT molecular complexity index is 1010. The molecule has 0 unspecified atom stereocenters. The van der Waals surface area contributed by atoms with Crippen LogP contribution in [0.1, 0.15) is 24.4 Å². The minimum absolute atomic E-state index is 0.265. The molecular weight excluding hydrogens is 386 g/mol. The van der Waals surface area contributed by atoms with Crippen LogP contribution in [0.4, 0.5) is 0 Å². The fraction of sp³-hybridized carbons (Fsp3) is 0.227. The molecule has 2 aromatic carbocycles. The van der Waals surface area contributed by atoms with Gasteiger partial charge in [0, 0.05) is 11.6 Å². The standard InChI is InChI=1S/C22H23N3O5/c1-14(23-19(26)11-10-15-8-6-5-7-9-15)22-24-21(25-30-22)16-12-17(27-2)20(29-4)18(13-16)28-3/h5-14H,1-4H3,(H,23,26)/b11-10+/t14-/m1/s1. The monoisotopic (exact) mass is 409 g/mol. The highest BCUT2D eigenvalue weighted by molar-refractivity contribution is 5.91. The van der Waals surface area contributed by atoms with Crippen molar-refractivity contribution < 1.29 is 23.5 Å². The summed E-state index contributed by atoms with van der Waals surface area (Å²) in [6.45, 7) is 1.76. The zero-order valence-corrected chi connectivity index (χ0v) is 17.2. The van der Waals surface area contributed by atoms with Crippen molar-refractivity contribution in [2.45, 2.75) is 13.0 Å². The second-order valence-electron chi connectivity index (χ2n) is 6.34. The van der Waals surface area contributed by atoms with E-state index >= 15 is 0 Å². The molecule has 1 heterocycles. The van der Waals surface area contributed by atoms with Crippen LogP contribution in [-0.2, 0) is 4.79 Å². The molecule has 0 spiro atoms. The van der Waals surface area contributed by atoms with Gasteiger partial charge in [0.25, 0.3) is 0 Å². The Morgan fingerprint density at radius 1 is 1.07 bits per heavy atom. The van der Waals surface area contributed by atoms with E-state index < -0.39 is 6.04 Å². The van der Waals surface area contributed by atoms with Gasteiger partial charge >= 0.3 is 0 Å². The molecule has 0 radical (unpaired) electrons. The first-order chi connectivity index (χ1) is 14.5. The second kappa shape index (κ2) is 9.60. The fourth-order valence-electron chi connectivity index (χ4n) is 2.80. The van der Waals surface area contributed by atoms with E-state index in [2.05, 4.69) is 15.5 Å². The summed E-state index contributed by atoms with van der Waals surface area (Å²) in [6.07, 6.45) is 3.19. The van der Waals surface area contributed by atoms with Crippen molar-refractivity contribution in [1.82, 2.24) is 15.5 Å². The number of methoxy groups -OCH3 is 3. The highest BCUT2D eigenvalue weighted by Gasteiger charge is 2.20. The Kier molecular flexibility index (Phi) is 6.69. The lowest BCUT2D eigenvalue weighted by Gasteiger charge is -2.12. The molecule has 156 valence electrons. The summed E-state index contributed by atoms with van der Waals surface area (Å²) in [5.74, 6) is 1.78. The predicted molar refractivity (Wildman–Crippen MR) is 111 cm³/mol. The second-order valence-corrected chi connectivity index (χ2v) is 6.34. The number of carbonyl (C=O) groups is 1. The molecule has 3 rings (SSSR count). The third kappa shape index (κ3) is 4.78. The molecule has 30 heavy (non-hydrogen) atoms. The Hall–Kier alpha value is -3.81. The topological polar surface area (TPSA) is 95.7 Å². The zero-order valence-electron chi connectivity index (χ0n) is 17.2. The average molecular weight is 409 g/mol. The Morgan fingerprint density at radius 3 is 2.33 bits per heavy atom. The molecule has 1 aromatic heterocycles. The van der Waals surface area contributed by atoms with Gasteiger partial charge in [-0.15, -0.1) is 0 Å². The van der Waals surface area contributed by atoms with E-state index in [1.165, 1.54) is 27.4 Å². The van der Waals surface area contributed by atoms with Crippen LogP contribution in [0.5, 0.6) is 17.2 Å². The summed E-state index contributed by atoms with van der Waals surface area (Å²) < 4.78 is 21.4. The number of aromatic nitrogens is 2. The quantitative estimate of drug-likeness (QED) is 0.567. The highest BCUT2D eigenvalue weighted by atomic mass is 16.5. The summed E-state index contributed by atoms with van der Waals surface area (Å²) in [6, 6.07) is 12.5. The van der Waals surface area contributed by atoms with Crippen LogP contribution in [0.15, 0.2) is 53.1 Å². The van der Waals surface area contributed by atoms with Gasteiger partial charge in [0.1, 0.15) is 6.04 Å². The summed E-state index contributed by atoms with van der Waals surface area (Å²) >= 11 is 0. The molecule has 0 bridgehead atoms. The number of hydrogen-bond donors (Lipinski definition) is 1. The van der Waals surface area contributed by atoms with E-state index in [1.807, 2.05) is 30.3 Å². The summed E-state index contributed by atoms with van der Waals surface area (Å²) in [4.78, 5) is 16.6. The highest BCUT2D eigenvalue weighted by Crippen LogP contribution is 2.40. The molecule has 1 amide bonds. The predicted octanol–water partition coefficient (Wildman–Crippen LogP) is 3.65. The van der Waals surface area contributed by atoms with Gasteiger partial charge in [-0.3, -0.25) is 4.79 Å². The lowest BCUT2D eigenvalue weighted by molar-refractivity contribution is -0.117. The van der Waals surface area contributed by atoms with E-state index in [4.69, 9.17) is 18.7 Å². The van der Waals surface area contributed by atoms with Gasteiger partial charge in [0.2, 0.25) is 23.4 Å². The Labute approximate surface area is 174 Å². The smallest absolute Gasteiger partial charge is 0.249 e. The zero-order chi connectivity index (χ0) is 21.5. The number of nitrogens with zero attached hydrogens (tertiary/aromatic N) is 2. The maximum absolute atomic E-state index is 12.2. The van der Waals surface area contributed by atoms with Crippen molar-refractivity contribution in [3.05, 3.63) is 60.0 Å². The largest absolute Gasteiger partial charge is 0.493 e. The van der Waals surface area contributed by atoms with Gasteiger partial charge in [-0.2, -0.15) is 4.98 Å². The molecule has 8 heteroatoms. The molecule has 1 atom stereocenters. The molecule has 0 aliphatic carbocycles. The van der Waals surface area contributed by atoms with Crippen LogP contribution in [0, 0.1) is 0 Å². The first-order valence-electron chi connectivity index (χ1n) is 9.23. The van der Waals surface area contributed by atoms with Crippen LogP contribution in [0.25, 0.3) is 17.5 Å². The molecular formula is C22H23N3O5. The maximum Gasteiger partial charge on any atom is 0.249 e. The van der Waals surface area contributed by atoms with Gasteiger partial charge in [-0.1, -0.05) is 35.5 Å². The molecule has 0 fully saturated rings. The number of carbonyl (C=O) groups excluding carboxylic acids is 1. The van der Waals surface area contributed by atoms with Gasteiger partial charge < -0.3 is 24.1 Å². The van der Waals surface area contributed by atoms with Crippen molar-refractivity contribution in [3.8, 4) is 28.6 Å². The van der Waals surface area contributed by atoms with Gasteiger partial charge in [0.15, 0.2) is 11.5 Å². The summed E-state index contributed by atoms with van der Waals surface area (Å²) in [7, 11) is 4.59. The van der Waals surface area contributed by atoms with Crippen LogP contribution < -0.4 is 19.5 Å². The first-order valence-corrected chi connectivity index (χ1v) is 9.23. The summed E-state index contributed by atoms with van der Waals surface area (Å²) in [5.41, 5.74) is 1.56. The van der Waals surface area contributed by atoms with Gasteiger partial charge in [-0.25, -0.2) is 0 Å². The van der Waals surface area contributed by atoms with E-state index in [-0.39, 0.29) is 11.8 Å². The molecule has 0 aliphatic heterocycles. The number of nitrogens with one attached hydrogen (secondary N) is 1. The number of ether oxygens (including phenoxy) is 3. The van der Waals surface area contributed by atoms with Crippen molar-refractivity contribution in [1.29, 1.82) is 0 Å². The fourth-order valence-corrected chi connectivity index (χ4v) is 2.80. The molecule has 3 aromatic rings. The SMILES string of the molecule is COc1cc(-c2noc([C@@H](C)NC(=O)/C=C/c3ccccc3)n2)cc(OC)c1OC. The van der Waals surface area contributed by atoms with E-state index in [0.29, 0.717) is 28.6 Å². The number of benzene rings is 2. The third-order valence-corrected chi connectivity index (χ3v) is 4.32. The minimum atomic E-state index is -0.471. The van der Waals surface area contributed by atoms with Crippen LogP contribution in [-0.4, -0.2) is 37.4 Å². The molecule has 8 nitrogen and oxygen atoms in total. The van der Waals surface area contributed by atoms with Crippen molar-refractivity contribution in [2.24, 2.45) is 0 Å². The third-order valence-electron chi connectivity index (χ3n) is 4.32. The molecule has 0 saturated heterocycles. The van der Waals surface area contributed by atoms with Gasteiger partial charge in [-0.05, 0) is 30.7 Å². The first kappa shape index (κ1) is 20.9. The van der Waals surface area contributed by atoms with E-state index in [1.54, 1.807) is 25.1 Å². The number of amides is 1. The van der Waals surface area contributed by atoms with Crippen molar-refractivity contribution in [2.75, 3.05) is 21.3 Å². The number of rotatable bonds is 8. The van der Waals surface area contributed by atoms with Crippen LogP contribution in [0.2, 0.25) is 0 Å². The van der Waals surface area contributed by atoms with E-state index in [0.717, 1.165) is 5.56 Å². The summed E-state index contributed by atoms with van der Waals surface area (Å²) in [5, 5.41) is 6.81. The minimum Gasteiger partial charge on any atom is -0.493 e. The Balaban J connectivity index is 1.74.